The third-order valence-electron chi connectivity index (χ3n) is 7.08. The molecular formula is C28H38N2O4. The molecule has 0 aliphatic carbocycles. The molecule has 2 aromatic rings. The average molecular weight is 467 g/mol. The molecule has 1 aliphatic heterocycles. The van der Waals surface area contributed by atoms with Crippen LogP contribution in [-0.2, 0) is 9.57 Å². The predicted octanol–water partition coefficient (Wildman–Crippen LogP) is 5.70. The maximum Gasteiger partial charge on any atom is 0.337 e. The van der Waals surface area contributed by atoms with E-state index in [1.807, 2.05) is 18.2 Å². The number of carbonyl (C=O) groups excluding carboxylic acids is 2. The van der Waals surface area contributed by atoms with Crippen LogP contribution in [0.25, 0.3) is 0 Å². The van der Waals surface area contributed by atoms with Crippen LogP contribution in [0.3, 0.4) is 0 Å². The number of ether oxygens (including phenoxy) is 1. The Kier molecular flexibility index (Phi) is 8.16. The molecule has 0 bridgehead atoms. The van der Waals surface area contributed by atoms with Crippen LogP contribution in [0.2, 0.25) is 0 Å². The van der Waals surface area contributed by atoms with Gasteiger partial charge >= 0.3 is 5.97 Å². The molecule has 34 heavy (non-hydrogen) atoms. The van der Waals surface area contributed by atoms with Gasteiger partial charge in [0.15, 0.2) is 0 Å². The molecular weight excluding hydrogens is 428 g/mol. The molecule has 2 unspecified atom stereocenters. The lowest BCUT2D eigenvalue weighted by Crippen LogP contribution is -2.66. The summed E-state index contributed by atoms with van der Waals surface area (Å²) in [7, 11) is 1.33. The quantitative estimate of drug-likeness (QED) is 0.506. The number of carbonyl (C=O) groups is 2. The maximum atomic E-state index is 13.1. The second kappa shape index (κ2) is 10.7. The highest BCUT2D eigenvalue weighted by Gasteiger charge is 2.50. The summed E-state index contributed by atoms with van der Waals surface area (Å²) in [5, 5.41) is 5.44. The van der Waals surface area contributed by atoms with Crippen molar-refractivity contribution < 1.29 is 19.2 Å². The Morgan fingerprint density at radius 3 is 2.29 bits per heavy atom. The van der Waals surface area contributed by atoms with Gasteiger partial charge in [0.05, 0.1) is 12.7 Å². The average Bonchev–Trinajstić information content (AvgIpc) is 2.85. The van der Waals surface area contributed by atoms with Crippen molar-refractivity contribution in [1.82, 2.24) is 10.4 Å². The van der Waals surface area contributed by atoms with E-state index in [1.54, 1.807) is 24.3 Å². The first-order chi connectivity index (χ1) is 16.2. The van der Waals surface area contributed by atoms with Crippen molar-refractivity contribution in [3.8, 4) is 0 Å². The predicted molar refractivity (Wildman–Crippen MR) is 133 cm³/mol. The molecule has 2 atom stereocenters. The van der Waals surface area contributed by atoms with Gasteiger partial charge in [-0.1, -0.05) is 50.2 Å². The Labute approximate surface area is 203 Å². The molecule has 6 nitrogen and oxygen atoms in total. The van der Waals surface area contributed by atoms with E-state index in [1.165, 1.54) is 7.11 Å². The molecule has 3 rings (SSSR count). The Morgan fingerprint density at radius 1 is 1.03 bits per heavy atom. The zero-order valence-corrected chi connectivity index (χ0v) is 21.3. The van der Waals surface area contributed by atoms with E-state index in [0.29, 0.717) is 11.1 Å². The number of hydrogen-bond donors (Lipinski definition) is 1. The summed E-state index contributed by atoms with van der Waals surface area (Å²) in [4.78, 5) is 31.6. The van der Waals surface area contributed by atoms with Crippen molar-refractivity contribution in [3.05, 3.63) is 71.3 Å². The fourth-order valence-corrected chi connectivity index (χ4v) is 5.24. The number of nitrogens with zero attached hydrogens (tertiary/aromatic N) is 1. The monoisotopic (exact) mass is 466 g/mol. The number of rotatable bonds is 8. The number of piperidine rings is 1. The SMILES string of the molecule is CCC1(CC)CC(NC(=O)c2cccc(C(=O)OC)c2)CC(C)(C)N1OC(C)c1ccccc1. The largest absolute Gasteiger partial charge is 0.465 e. The number of nitrogens with one attached hydrogen (secondary N) is 1. The minimum atomic E-state index is -0.454. The van der Waals surface area contributed by atoms with Gasteiger partial charge in [-0.05, 0) is 70.2 Å². The Bertz CT molecular complexity index is 985. The minimum absolute atomic E-state index is 0.0175. The molecule has 1 aliphatic rings. The summed E-state index contributed by atoms with van der Waals surface area (Å²) in [6, 6.07) is 16.9. The zero-order valence-electron chi connectivity index (χ0n) is 21.3. The van der Waals surface area contributed by atoms with Gasteiger partial charge in [0.2, 0.25) is 0 Å². The second-order valence-corrected chi connectivity index (χ2v) is 9.85. The molecule has 0 aromatic heterocycles. The summed E-state index contributed by atoms with van der Waals surface area (Å²) in [6.45, 7) is 10.8. The first-order valence-electron chi connectivity index (χ1n) is 12.2. The molecule has 1 fully saturated rings. The molecule has 0 radical (unpaired) electrons. The first kappa shape index (κ1) is 25.9. The van der Waals surface area contributed by atoms with Gasteiger partial charge in [-0.2, -0.15) is 5.06 Å². The number of hydroxylamine groups is 2. The van der Waals surface area contributed by atoms with Crippen molar-refractivity contribution in [1.29, 1.82) is 0 Å². The van der Waals surface area contributed by atoms with Crippen molar-refractivity contribution >= 4 is 11.9 Å². The van der Waals surface area contributed by atoms with E-state index in [2.05, 4.69) is 57.1 Å². The summed E-state index contributed by atoms with van der Waals surface area (Å²) in [6.07, 6.45) is 3.26. The van der Waals surface area contributed by atoms with Crippen LogP contribution in [0.5, 0.6) is 0 Å². The highest BCUT2D eigenvalue weighted by atomic mass is 16.7. The lowest BCUT2D eigenvalue weighted by atomic mass is 9.74. The van der Waals surface area contributed by atoms with Gasteiger partial charge < -0.3 is 10.1 Å². The van der Waals surface area contributed by atoms with Gasteiger partial charge in [-0.25, -0.2) is 4.79 Å². The van der Waals surface area contributed by atoms with Crippen LogP contribution in [0.4, 0.5) is 0 Å². The number of amides is 1. The molecule has 2 aromatic carbocycles. The van der Waals surface area contributed by atoms with Gasteiger partial charge in [0.25, 0.3) is 5.91 Å². The summed E-state index contributed by atoms with van der Waals surface area (Å²) in [5.41, 5.74) is 1.46. The highest BCUT2D eigenvalue weighted by molar-refractivity contribution is 5.98. The number of methoxy groups -OCH3 is 1. The van der Waals surface area contributed by atoms with E-state index in [0.717, 1.165) is 31.2 Å². The molecule has 184 valence electrons. The first-order valence-corrected chi connectivity index (χ1v) is 12.2. The van der Waals surface area contributed by atoms with E-state index in [9.17, 15) is 9.59 Å². The third kappa shape index (κ3) is 5.50. The number of hydrogen-bond acceptors (Lipinski definition) is 5. The normalized spacial score (nSPS) is 20.4. The fourth-order valence-electron chi connectivity index (χ4n) is 5.24. The van der Waals surface area contributed by atoms with Gasteiger partial charge in [-0.3, -0.25) is 9.63 Å². The van der Waals surface area contributed by atoms with Crippen LogP contribution in [-0.4, -0.2) is 41.2 Å². The van der Waals surface area contributed by atoms with Crippen molar-refractivity contribution in [2.75, 3.05) is 7.11 Å². The molecule has 1 saturated heterocycles. The van der Waals surface area contributed by atoms with E-state index >= 15 is 0 Å². The summed E-state index contributed by atoms with van der Waals surface area (Å²) >= 11 is 0. The Hall–Kier alpha value is -2.70. The molecule has 0 saturated carbocycles. The van der Waals surface area contributed by atoms with Crippen molar-refractivity contribution in [2.45, 2.75) is 83.5 Å². The maximum absolute atomic E-state index is 13.1. The van der Waals surface area contributed by atoms with Crippen molar-refractivity contribution in [2.24, 2.45) is 0 Å². The van der Waals surface area contributed by atoms with Crippen LogP contribution in [0.1, 0.15) is 92.7 Å². The molecule has 1 heterocycles. The molecule has 1 N–H and O–H groups in total. The van der Waals surface area contributed by atoms with Crippen LogP contribution in [0, 0.1) is 0 Å². The van der Waals surface area contributed by atoms with Crippen LogP contribution < -0.4 is 5.32 Å². The number of esters is 1. The van der Waals surface area contributed by atoms with Gasteiger partial charge in [0, 0.05) is 22.7 Å². The molecule has 1 amide bonds. The standard InChI is InChI=1S/C28H38N2O4/c1-7-28(8-2)19-24(29-25(31)22-15-12-16-23(17-22)26(32)33-6)18-27(4,5)30(28)34-20(3)21-13-10-9-11-14-21/h9-17,20,24H,7-8,18-19H2,1-6H3,(H,29,31). The van der Waals surface area contributed by atoms with E-state index in [4.69, 9.17) is 9.57 Å². The summed E-state index contributed by atoms with van der Waals surface area (Å²) < 4.78 is 4.79. The minimum Gasteiger partial charge on any atom is -0.465 e. The Morgan fingerprint density at radius 2 is 1.68 bits per heavy atom. The lowest BCUT2D eigenvalue weighted by Gasteiger charge is -2.57. The van der Waals surface area contributed by atoms with Gasteiger partial charge in [-0.15, -0.1) is 0 Å². The van der Waals surface area contributed by atoms with Gasteiger partial charge in [0.1, 0.15) is 6.10 Å². The topological polar surface area (TPSA) is 67.9 Å². The fraction of sp³-hybridized carbons (Fsp3) is 0.500. The number of benzene rings is 2. The third-order valence-corrected chi connectivity index (χ3v) is 7.08. The lowest BCUT2D eigenvalue weighted by molar-refractivity contribution is -0.316. The summed E-state index contributed by atoms with van der Waals surface area (Å²) in [5.74, 6) is -0.635. The second-order valence-electron chi connectivity index (χ2n) is 9.85. The zero-order chi connectivity index (χ0) is 24.9. The molecule has 0 spiro atoms. The Balaban J connectivity index is 1.80. The van der Waals surface area contributed by atoms with E-state index in [-0.39, 0.29) is 29.1 Å². The van der Waals surface area contributed by atoms with Crippen molar-refractivity contribution in [3.63, 3.8) is 0 Å². The van der Waals surface area contributed by atoms with Crippen LogP contribution >= 0.6 is 0 Å². The van der Waals surface area contributed by atoms with Crippen LogP contribution in [0.15, 0.2) is 54.6 Å². The van der Waals surface area contributed by atoms with E-state index < -0.39 is 5.97 Å². The highest BCUT2D eigenvalue weighted by Crippen LogP contribution is 2.44. The molecule has 6 heteroatoms. The smallest absolute Gasteiger partial charge is 0.337 e.